The van der Waals surface area contributed by atoms with Crippen molar-refractivity contribution in [1.82, 2.24) is 4.98 Å². The minimum absolute atomic E-state index is 0.320. The molecule has 2 N–H and O–H groups in total. The van der Waals surface area contributed by atoms with Crippen LogP contribution < -0.4 is 10.6 Å². The number of methoxy groups -OCH3 is 1. The Morgan fingerprint density at radius 1 is 1.50 bits per heavy atom. The third-order valence-corrected chi connectivity index (χ3v) is 4.47. The topological polar surface area (TPSA) is 63.2 Å². The SMILES string of the molecule is CCc1cc(C(=O)OC)c(NC(=S)Nc2cccnc2Cl)s1. The number of rotatable bonds is 4. The van der Waals surface area contributed by atoms with Crippen molar-refractivity contribution in [2.45, 2.75) is 13.3 Å². The summed E-state index contributed by atoms with van der Waals surface area (Å²) in [4.78, 5) is 16.8. The van der Waals surface area contributed by atoms with Crippen molar-refractivity contribution in [2.75, 3.05) is 17.7 Å². The number of anilines is 2. The van der Waals surface area contributed by atoms with Gasteiger partial charge in [0.1, 0.15) is 5.00 Å². The van der Waals surface area contributed by atoms with E-state index in [1.807, 2.05) is 6.92 Å². The number of carbonyl (C=O) groups excluding carboxylic acids is 1. The lowest BCUT2D eigenvalue weighted by Crippen LogP contribution is -2.20. The van der Waals surface area contributed by atoms with E-state index in [1.165, 1.54) is 18.4 Å². The van der Waals surface area contributed by atoms with E-state index in [0.717, 1.165) is 11.3 Å². The number of thiocarbonyl (C=S) groups is 1. The summed E-state index contributed by atoms with van der Waals surface area (Å²) in [6.45, 7) is 2.02. The zero-order valence-corrected chi connectivity index (χ0v) is 14.4. The van der Waals surface area contributed by atoms with E-state index in [0.29, 0.717) is 26.5 Å². The van der Waals surface area contributed by atoms with E-state index in [2.05, 4.69) is 15.6 Å². The van der Waals surface area contributed by atoms with Gasteiger partial charge in [0.15, 0.2) is 10.3 Å². The maximum atomic E-state index is 11.8. The molecule has 8 heteroatoms. The van der Waals surface area contributed by atoms with Gasteiger partial charge < -0.3 is 15.4 Å². The summed E-state index contributed by atoms with van der Waals surface area (Å²) in [6.07, 6.45) is 2.41. The highest BCUT2D eigenvalue weighted by atomic mass is 35.5. The molecule has 116 valence electrons. The molecule has 0 aliphatic heterocycles. The van der Waals surface area contributed by atoms with Crippen LogP contribution in [-0.2, 0) is 11.2 Å². The number of halogens is 1. The number of thiophene rings is 1. The summed E-state index contributed by atoms with van der Waals surface area (Å²) < 4.78 is 4.79. The fourth-order valence-electron chi connectivity index (χ4n) is 1.71. The molecule has 2 aromatic rings. The zero-order valence-electron chi connectivity index (χ0n) is 12.0. The van der Waals surface area contributed by atoms with Crippen LogP contribution in [0.25, 0.3) is 0 Å². The lowest BCUT2D eigenvalue weighted by atomic mass is 10.2. The molecule has 5 nitrogen and oxygen atoms in total. The van der Waals surface area contributed by atoms with Gasteiger partial charge in [-0.2, -0.15) is 0 Å². The maximum Gasteiger partial charge on any atom is 0.340 e. The largest absolute Gasteiger partial charge is 0.465 e. The highest BCUT2D eigenvalue weighted by Gasteiger charge is 2.17. The van der Waals surface area contributed by atoms with Crippen LogP contribution in [0.2, 0.25) is 5.15 Å². The highest BCUT2D eigenvalue weighted by molar-refractivity contribution is 7.80. The lowest BCUT2D eigenvalue weighted by molar-refractivity contribution is 0.0602. The van der Waals surface area contributed by atoms with E-state index >= 15 is 0 Å². The van der Waals surface area contributed by atoms with Crippen molar-refractivity contribution < 1.29 is 9.53 Å². The number of esters is 1. The third-order valence-electron chi connectivity index (χ3n) is 2.77. The Labute approximate surface area is 142 Å². The number of nitrogens with one attached hydrogen (secondary N) is 2. The molecule has 0 atom stereocenters. The summed E-state index contributed by atoms with van der Waals surface area (Å²) >= 11 is 12.7. The number of aromatic nitrogens is 1. The van der Waals surface area contributed by atoms with Crippen molar-refractivity contribution in [1.29, 1.82) is 0 Å². The molecule has 0 radical (unpaired) electrons. The van der Waals surface area contributed by atoms with E-state index in [-0.39, 0.29) is 0 Å². The monoisotopic (exact) mass is 355 g/mol. The number of hydrogen-bond donors (Lipinski definition) is 2. The molecule has 0 amide bonds. The van der Waals surface area contributed by atoms with E-state index in [4.69, 9.17) is 28.6 Å². The van der Waals surface area contributed by atoms with Gasteiger partial charge in [-0.25, -0.2) is 9.78 Å². The Kier molecular flexibility index (Phi) is 5.70. The van der Waals surface area contributed by atoms with E-state index in [9.17, 15) is 4.79 Å². The van der Waals surface area contributed by atoms with Crippen LogP contribution in [0.5, 0.6) is 0 Å². The van der Waals surface area contributed by atoms with Gasteiger partial charge in [-0.1, -0.05) is 18.5 Å². The van der Waals surface area contributed by atoms with Gasteiger partial charge >= 0.3 is 5.97 Å². The predicted octanol–water partition coefficient (Wildman–Crippen LogP) is 3.95. The summed E-state index contributed by atoms with van der Waals surface area (Å²) in [5, 5.41) is 7.24. The van der Waals surface area contributed by atoms with Gasteiger partial charge in [-0.3, -0.25) is 0 Å². The Bertz CT molecular complexity index is 703. The van der Waals surface area contributed by atoms with Crippen LogP contribution in [-0.4, -0.2) is 23.2 Å². The minimum atomic E-state index is -0.402. The molecule has 0 bridgehead atoms. The molecule has 0 fully saturated rings. The second kappa shape index (κ2) is 7.53. The van der Waals surface area contributed by atoms with Crippen molar-refractivity contribution in [3.05, 3.63) is 40.0 Å². The van der Waals surface area contributed by atoms with Gasteiger partial charge in [0.05, 0.1) is 18.4 Å². The summed E-state index contributed by atoms with van der Waals surface area (Å²) in [7, 11) is 1.35. The van der Waals surface area contributed by atoms with Crippen LogP contribution in [0.15, 0.2) is 24.4 Å². The number of aryl methyl sites for hydroxylation is 1. The number of carbonyl (C=O) groups is 1. The first-order chi connectivity index (χ1) is 10.5. The predicted molar refractivity (Wildman–Crippen MR) is 94.1 cm³/mol. The lowest BCUT2D eigenvalue weighted by Gasteiger charge is -2.10. The van der Waals surface area contributed by atoms with Crippen LogP contribution in [0.4, 0.5) is 10.7 Å². The highest BCUT2D eigenvalue weighted by Crippen LogP contribution is 2.29. The Morgan fingerprint density at radius 2 is 2.27 bits per heavy atom. The average Bonchev–Trinajstić information content (AvgIpc) is 2.91. The summed E-state index contributed by atoms with van der Waals surface area (Å²) in [5.74, 6) is -0.402. The molecule has 2 rings (SSSR count). The maximum absolute atomic E-state index is 11.8. The summed E-state index contributed by atoms with van der Waals surface area (Å²) in [5.41, 5.74) is 1.05. The molecule has 0 aromatic carbocycles. The number of pyridine rings is 1. The van der Waals surface area contributed by atoms with E-state index < -0.39 is 5.97 Å². The van der Waals surface area contributed by atoms with E-state index in [1.54, 1.807) is 24.4 Å². The van der Waals surface area contributed by atoms with Crippen molar-refractivity contribution in [3.63, 3.8) is 0 Å². The third kappa shape index (κ3) is 3.94. The zero-order chi connectivity index (χ0) is 16.1. The summed E-state index contributed by atoms with van der Waals surface area (Å²) in [6, 6.07) is 5.31. The molecule has 0 aliphatic rings. The first-order valence-corrected chi connectivity index (χ1v) is 8.05. The normalized spacial score (nSPS) is 10.1. The Balaban J connectivity index is 2.16. The molecule has 2 heterocycles. The van der Waals surface area contributed by atoms with Gasteiger partial charge in [-0.15, -0.1) is 11.3 Å². The van der Waals surface area contributed by atoms with Crippen molar-refractivity contribution in [3.8, 4) is 0 Å². The molecular formula is C14H14ClN3O2S2. The molecule has 2 aromatic heterocycles. The second-order valence-electron chi connectivity index (χ2n) is 4.22. The molecule has 22 heavy (non-hydrogen) atoms. The van der Waals surface area contributed by atoms with Crippen LogP contribution in [0, 0.1) is 0 Å². The van der Waals surface area contributed by atoms with Crippen molar-refractivity contribution in [2.24, 2.45) is 0 Å². The average molecular weight is 356 g/mol. The number of ether oxygens (including phenoxy) is 1. The fraction of sp³-hybridized carbons (Fsp3) is 0.214. The van der Waals surface area contributed by atoms with Crippen molar-refractivity contribution >= 4 is 56.9 Å². The van der Waals surface area contributed by atoms with Crippen LogP contribution in [0.3, 0.4) is 0 Å². The Morgan fingerprint density at radius 3 is 2.91 bits per heavy atom. The number of hydrogen-bond acceptors (Lipinski definition) is 5. The quantitative estimate of drug-likeness (QED) is 0.492. The molecular weight excluding hydrogens is 342 g/mol. The minimum Gasteiger partial charge on any atom is -0.465 e. The van der Waals surface area contributed by atoms with Gasteiger partial charge in [-0.05, 0) is 36.8 Å². The Hall–Kier alpha value is -1.70. The number of nitrogens with zero attached hydrogens (tertiary/aromatic N) is 1. The molecule has 0 unspecified atom stereocenters. The first-order valence-electron chi connectivity index (χ1n) is 6.44. The smallest absolute Gasteiger partial charge is 0.340 e. The van der Waals surface area contributed by atoms with Gasteiger partial charge in [0.2, 0.25) is 0 Å². The molecule has 0 spiro atoms. The van der Waals surface area contributed by atoms with Crippen LogP contribution >= 0.6 is 35.2 Å². The van der Waals surface area contributed by atoms with Gasteiger partial charge in [0.25, 0.3) is 0 Å². The van der Waals surface area contributed by atoms with Crippen LogP contribution in [0.1, 0.15) is 22.2 Å². The molecule has 0 saturated carbocycles. The standard InChI is InChI=1S/C14H14ClN3O2S2/c1-3-8-7-9(13(19)20-2)12(22-8)18-14(21)17-10-5-4-6-16-11(10)15/h4-7H,3H2,1-2H3,(H2,17,18,21). The molecule has 0 aliphatic carbocycles. The van der Waals surface area contributed by atoms with Gasteiger partial charge in [0, 0.05) is 11.1 Å². The fourth-order valence-corrected chi connectivity index (χ4v) is 3.14. The first kappa shape index (κ1) is 16.7. The second-order valence-corrected chi connectivity index (χ2v) is 6.12. The molecule has 0 saturated heterocycles.